The fraction of sp³-hybridized carbons (Fsp3) is 0.500. The van der Waals surface area contributed by atoms with Crippen LogP contribution in [0.2, 0.25) is 0 Å². The Kier molecular flexibility index (Phi) is 3.74. The molecule has 2 aromatic rings. The number of amides is 1. The van der Waals surface area contributed by atoms with Crippen molar-refractivity contribution in [1.82, 2.24) is 9.88 Å². The molecular weight excluding hydrogens is 340 g/mol. The van der Waals surface area contributed by atoms with Crippen LogP contribution in [-0.2, 0) is 4.79 Å². The molecule has 3 atom stereocenters. The Labute approximate surface area is 158 Å². The molecule has 140 valence electrons. The predicted octanol–water partition coefficient (Wildman–Crippen LogP) is 3.75. The molecule has 1 aromatic heterocycles. The van der Waals surface area contributed by atoms with Gasteiger partial charge in [-0.25, -0.2) is 4.79 Å². The average molecular weight is 364 g/mol. The second-order valence-corrected chi connectivity index (χ2v) is 8.48. The smallest absolute Gasteiger partial charge is 0.326 e. The monoisotopic (exact) mass is 364 g/mol. The topological polar surface area (TPSA) is 70.5 Å². The molecule has 5 rings (SSSR count). The van der Waals surface area contributed by atoms with Gasteiger partial charge in [-0.1, -0.05) is 18.1 Å². The molecule has 3 aliphatic rings. The molecule has 1 N–H and O–H groups in total. The molecule has 3 fully saturated rings. The highest BCUT2D eigenvalue weighted by molar-refractivity contribution is 6.07. The summed E-state index contributed by atoms with van der Waals surface area (Å²) in [5.41, 5.74) is 3.50. The van der Waals surface area contributed by atoms with E-state index in [0.717, 1.165) is 54.3 Å². The normalized spacial score (nSPS) is 27.1. The minimum Gasteiger partial charge on any atom is -0.480 e. The van der Waals surface area contributed by atoms with E-state index in [-0.39, 0.29) is 11.8 Å². The number of rotatable bonds is 3. The van der Waals surface area contributed by atoms with Gasteiger partial charge in [-0.15, -0.1) is 0 Å². The molecule has 1 amide bonds. The van der Waals surface area contributed by atoms with Crippen molar-refractivity contribution in [2.24, 2.45) is 11.8 Å². The molecule has 5 heteroatoms. The van der Waals surface area contributed by atoms with Gasteiger partial charge in [0, 0.05) is 23.5 Å². The van der Waals surface area contributed by atoms with E-state index in [1.54, 1.807) is 4.90 Å². The molecule has 1 aliphatic heterocycles. The number of carbonyl (C=O) groups excluding carboxylic acids is 1. The number of likely N-dealkylation sites (tertiary alicyclic amines) is 1. The highest BCUT2D eigenvalue weighted by Gasteiger charge is 2.49. The Morgan fingerprint density at radius 3 is 2.70 bits per heavy atom. The Morgan fingerprint density at radius 1 is 1.15 bits per heavy atom. The standard InChI is InChI=1S/C22H24N2O3/c1-12-5-8-18-16(9-12)17(10-19(23-18)13-6-7-13)21(25)24-11-14-3-2-4-15(14)20(24)22(26)27/h5,8-10,13-15,20H,2-4,6-7,11H2,1H3,(H,26,27). The molecule has 2 heterocycles. The first-order valence-corrected chi connectivity index (χ1v) is 9.98. The largest absolute Gasteiger partial charge is 0.480 e. The highest BCUT2D eigenvalue weighted by Crippen LogP contribution is 2.44. The maximum atomic E-state index is 13.5. The number of carboxylic acids is 1. The molecule has 0 radical (unpaired) electrons. The Hall–Kier alpha value is -2.43. The van der Waals surface area contributed by atoms with Crippen LogP contribution in [0, 0.1) is 18.8 Å². The van der Waals surface area contributed by atoms with Crippen molar-refractivity contribution >= 4 is 22.8 Å². The fourth-order valence-electron chi connectivity index (χ4n) is 5.11. The summed E-state index contributed by atoms with van der Waals surface area (Å²) < 4.78 is 0. The minimum atomic E-state index is -0.866. The Morgan fingerprint density at radius 2 is 1.96 bits per heavy atom. The quantitative estimate of drug-likeness (QED) is 0.900. The number of aliphatic carboxylic acids is 1. The van der Waals surface area contributed by atoms with E-state index >= 15 is 0 Å². The predicted molar refractivity (Wildman–Crippen MR) is 102 cm³/mol. The lowest BCUT2D eigenvalue weighted by molar-refractivity contribution is -0.142. The summed E-state index contributed by atoms with van der Waals surface area (Å²) in [6.45, 7) is 2.57. The van der Waals surface area contributed by atoms with Crippen LogP contribution in [0.3, 0.4) is 0 Å². The third-order valence-corrected chi connectivity index (χ3v) is 6.61. The lowest BCUT2D eigenvalue weighted by atomic mass is 9.94. The van der Waals surface area contributed by atoms with Crippen LogP contribution in [0.4, 0.5) is 0 Å². The lowest BCUT2D eigenvalue weighted by Crippen LogP contribution is -2.43. The van der Waals surface area contributed by atoms with Gasteiger partial charge in [-0.05, 0) is 62.6 Å². The van der Waals surface area contributed by atoms with Gasteiger partial charge in [0.25, 0.3) is 5.91 Å². The maximum absolute atomic E-state index is 13.5. The zero-order valence-electron chi connectivity index (χ0n) is 15.5. The van der Waals surface area contributed by atoms with E-state index in [4.69, 9.17) is 4.98 Å². The van der Waals surface area contributed by atoms with Crippen molar-refractivity contribution in [1.29, 1.82) is 0 Å². The number of pyridine rings is 1. The van der Waals surface area contributed by atoms with Crippen molar-refractivity contribution < 1.29 is 14.7 Å². The van der Waals surface area contributed by atoms with Gasteiger partial charge in [0.05, 0.1) is 11.1 Å². The van der Waals surface area contributed by atoms with E-state index in [1.165, 1.54) is 0 Å². The summed E-state index contributed by atoms with van der Waals surface area (Å²) in [6.07, 6.45) is 5.24. The summed E-state index contributed by atoms with van der Waals surface area (Å²) in [6, 6.07) is 7.22. The molecule has 5 nitrogen and oxygen atoms in total. The van der Waals surface area contributed by atoms with Crippen LogP contribution < -0.4 is 0 Å². The first kappa shape index (κ1) is 16.7. The molecule has 0 spiro atoms. The van der Waals surface area contributed by atoms with Gasteiger partial charge in [-0.2, -0.15) is 0 Å². The summed E-state index contributed by atoms with van der Waals surface area (Å²) in [5.74, 6) is -0.140. The third kappa shape index (κ3) is 2.71. The SMILES string of the molecule is Cc1ccc2nc(C3CC3)cc(C(=O)N3CC4CCCC4C3C(=O)O)c2c1. The van der Waals surface area contributed by atoms with Crippen LogP contribution in [0.15, 0.2) is 24.3 Å². The average Bonchev–Trinajstić information content (AvgIpc) is 3.28. The number of benzene rings is 1. The van der Waals surface area contributed by atoms with Crippen LogP contribution >= 0.6 is 0 Å². The molecule has 1 aromatic carbocycles. The molecule has 3 unspecified atom stereocenters. The van der Waals surface area contributed by atoms with Crippen LogP contribution in [-0.4, -0.2) is 39.5 Å². The minimum absolute atomic E-state index is 0.101. The molecule has 2 saturated carbocycles. The summed E-state index contributed by atoms with van der Waals surface area (Å²) in [7, 11) is 0. The first-order valence-electron chi connectivity index (χ1n) is 9.98. The summed E-state index contributed by atoms with van der Waals surface area (Å²) >= 11 is 0. The second-order valence-electron chi connectivity index (χ2n) is 8.48. The van der Waals surface area contributed by atoms with Crippen molar-refractivity contribution in [3.8, 4) is 0 Å². The zero-order valence-corrected chi connectivity index (χ0v) is 15.5. The van der Waals surface area contributed by atoms with Gasteiger partial charge in [0.1, 0.15) is 6.04 Å². The number of hydrogen-bond donors (Lipinski definition) is 1. The van der Waals surface area contributed by atoms with Gasteiger partial charge in [0.2, 0.25) is 0 Å². The summed E-state index contributed by atoms with van der Waals surface area (Å²) in [5, 5.41) is 10.7. The fourth-order valence-corrected chi connectivity index (χ4v) is 5.11. The molecule has 27 heavy (non-hydrogen) atoms. The Bertz CT molecular complexity index is 950. The van der Waals surface area contributed by atoms with Gasteiger partial charge >= 0.3 is 5.97 Å². The highest BCUT2D eigenvalue weighted by atomic mass is 16.4. The number of carbonyl (C=O) groups is 2. The number of aryl methyl sites for hydroxylation is 1. The summed E-state index contributed by atoms with van der Waals surface area (Å²) in [4.78, 5) is 31.9. The van der Waals surface area contributed by atoms with E-state index in [2.05, 4.69) is 0 Å². The van der Waals surface area contributed by atoms with Gasteiger partial charge in [0.15, 0.2) is 0 Å². The third-order valence-electron chi connectivity index (χ3n) is 6.61. The maximum Gasteiger partial charge on any atom is 0.326 e. The van der Waals surface area contributed by atoms with Crippen molar-refractivity contribution in [2.75, 3.05) is 6.54 Å². The molecule has 2 aliphatic carbocycles. The van der Waals surface area contributed by atoms with E-state index in [9.17, 15) is 14.7 Å². The number of carboxylic acid groups (broad SMARTS) is 1. The van der Waals surface area contributed by atoms with Gasteiger partial charge < -0.3 is 10.0 Å². The Balaban J connectivity index is 1.60. The second kappa shape index (κ2) is 6.04. The molecule has 1 saturated heterocycles. The number of hydrogen-bond acceptors (Lipinski definition) is 3. The number of fused-ring (bicyclic) bond motifs is 2. The van der Waals surface area contributed by atoms with E-state index in [1.807, 2.05) is 31.2 Å². The van der Waals surface area contributed by atoms with Crippen LogP contribution in [0.5, 0.6) is 0 Å². The van der Waals surface area contributed by atoms with E-state index < -0.39 is 12.0 Å². The van der Waals surface area contributed by atoms with E-state index in [0.29, 0.717) is 23.9 Å². The first-order chi connectivity index (χ1) is 13.0. The number of aromatic nitrogens is 1. The van der Waals surface area contributed by atoms with Crippen molar-refractivity contribution in [3.63, 3.8) is 0 Å². The van der Waals surface area contributed by atoms with Gasteiger partial charge in [-0.3, -0.25) is 9.78 Å². The van der Waals surface area contributed by atoms with Crippen LogP contribution in [0.25, 0.3) is 10.9 Å². The molecule has 0 bridgehead atoms. The van der Waals surface area contributed by atoms with Crippen molar-refractivity contribution in [3.05, 3.63) is 41.1 Å². The van der Waals surface area contributed by atoms with Crippen LogP contribution in [0.1, 0.15) is 59.6 Å². The van der Waals surface area contributed by atoms with Crippen molar-refractivity contribution in [2.45, 2.75) is 51.0 Å². The number of nitrogens with zero attached hydrogens (tertiary/aromatic N) is 2. The lowest BCUT2D eigenvalue weighted by Gasteiger charge is -2.25. The molecular formula is C22H24N2O3. The zero-order chi connectivity index (χ0) is 18.7.